The standard InChI is InChI=1S/C30H34N4O3/c1-21-8-5-6-12-24(21)30-28-25(20-35)26(31-19-23-11-7-17-36-23)18-27(29(28)32-37-30)34-15-13-33(14-16-34)22-9-3-2-4-10-22/h5-8,11-12,17-18,20,22,31H,2-4,9-10,13-16,19H2,1H3. The molecule has 1 N–H and O–H groups in total. The predicted molar refractivity (Wildman–Crippen MR) is 146 cm³/mol. The van der Waals surface area contributed by atoms with Crippen LogP contribution in [0.25, 0.3) is 22.2 Å². The number of anilines is 2. The Labute approximate surface area is 217 Å². The van der Waals surface area contributed by atoms with Crippen LogP contribution >= 0.6 is 0 Å². The fourth-order valence-corrected chi connectivity index (χ4v) is 6.02. The van der Waals surface area contributed by atoms with Gasteiger partial charge in [-0.15, -0.1) is 0 Å². The van der Waals surface area contributed by atoms with Gasteiger partial charge in [-0.05, 0) is 43.5 Å². The van der Waals surface area contributed by atoms with Gasteiger partial charge in [0.2, 0.25) is 0 Å². The summed E-state index contributed by atoms with van der Waals surface area (Å²) < 4.78 is 11.5. The smallest absolute Gasteiger partial charge is 0.175 e. The molecule has 2 aliphatic rings. The SMILES string of the molecule is Cc1ccccc1-c1onc2c(N3CCN(C4CCCCC4)CC3)cc(NCc3ccco3)c(C=O)c12. The van der Waals surface area contributed by atoms with Crippen LogP contribution in [0, 0.1) is 6.92 Å². The lowest BCUT2D eigenvalue weighted by Gasteiger charge is -2.41. The Kier molecular flexibility index (Phi) is 6.70. The van der Waals surface area contributed by atoms with Crippen molar-refractivity contribution in [3.05, 3.63) is 65.6 Å². The van der Waals surface area contributed by atoms with E-state index in [0.29, 0.717) is 17.9 Å². The van der Waals surface area contributed by atoms with Crippen LogP contribution in [0.2, 0.25) is 0 Å². The number of aromatic nitrogens is 1. The monoisotopic (exact) mass is 498 g/mol. The van der Waals surface area contributed by atoms with Crippen LogP contribution in [0.5, 0.6) is 0 Å². The Morgan fingerprint density at radius 3 is 2.59 bits per heavy atom. The number of nitrogens with zero attached hydrogens (tertiary/aromatic N) is 3. The average Bonchev–Trinajstić information content (AvgIpc) is 3.63. The molecule has 3 heterocycles. The van der Waals surface area contributed by atoms with Crippen LogP contribution in [0.3, 0.4) is 0 Å². The van der Waals surface area contributed by atoms with E-state index in [1.165, 1.54) is 32.1 Å². The lowest BCUT2D eigenvalue weighted by atomic mass is 9.93. The number of nitrogens with one attached hydrogen (secondary N) is 1. The molecule has 192 valence electrons. The first-order valence-corrected chi connectivity index (χ1v) is 13.5. The maximum absolute atomic E-state index is 12.5. The summed E-state index contributed by atoms with van der Waals surface area (Å²) in [5, 5.41) is 8.76. The third kappa shape index (κ3) is 4.64. The summed E-state index contributed by atoms with van der Waals surface area (Å²) in [5.74, 6) is 1.45. The van der Waals surface area contributed by atoms with Gasteiger partial charge in [0.05, 0.1) is 29.4 Å². The molecule has 0 spiro atoms. The zero-order chi connectivity index (χ0) is 25.2. The molecule has 0 atom stereocenters. The van der Waals surface area contributed by atoms with E-state index >= 15 is 0 Å². The van der Waals surface area contributed by atoms with Gasteiger partial charge >= 0.3 is 0 Å². The van der Waals surface area contributed by atoms with Crippen molar-refractivity contribution < 1.29 is 13.7 Å². The second-order valence-electron chi connectivity index (χ2n) is 10.3. The van der Waals surface area contributed by atoms with Gasteiger partial charge in [0, 0.05) is 43.5 Å². The van der Waals surface area contributed by atoms with Crippen LogP contribution in [0.1, 0.15) is 53.8 Å². The van der Waals surface area contributed by atoms with E-state index in [-0.39, 0.29) is 0 Å². The molecule has 6 rings (SSSR count). The van der Waals surface area contributed by atoms with Crippen LogP contribution in [-0.4, -0.2) is 48.6 Å². The van der Waals surface area contributed by atoms with Gasteiger partial charge in [-0.2, -0.15) is 0 Å². The Bertz CT molecular complexity index is 1360. The molecule has 2 aromatic carbocycles. The third-order valence-corrected chi connectivity index (χ3v) is 8.06. The number of fused-ring (bicyclic) bond motifs is 1. The van der Waals surface area contributed by atoms with Gasteiger partial charge in [-0.1, -0.05) is 48.7 Å². The van der Waals surface area contributed by atoms with Crippen molar-refractivity contribution in [2.75, 3.05) is 36.4 Å². The molecule has 0 bridgehead atoms. The van der Waals surface area contributed by atoms with Gasteiger partial charge in [0.15, 0.2) is 12.0 Å². The van der Waals surface area contributed by atoms with E-state index in [4.69, 9.17) is 8.94 Å². The number of carbonyl (C=O) groups excluding carboxylic acids is 1. The normalized spacial score (nSPS) is 17.4. The fourth-order valence-electron chi connectivity index (χ4n) is 6.02. The van der Waals surface area contributed by atoms with Crippen molar-refractivity contribution in [2.24, 2.45) is 0 Å². The van der Waals surface area contributed by atoms with E-state index in [0.717, 1.165) is 77.7 Å². The molecule has 1 saturated heterocycles. The molecule has 0 unspecified atom stereocenters. The minimum Gasteiger partial charge on any atom is -0.467 e. The maximum Gasteiger partial charge on any atom is 0.175 e. The molecule has 0 amide bonds. The van der Waals surface area contributed by atoms with E-state index in [9.17, 15) is 4.79 Å². The summed E-state index contributed by atoms with van der Waals surface area (Å²) in [6.07, 6.45) is 9.30. The number of furan rings is 1. The highest BCUT2D eigenvalue weighted by molar-refractivity contribution is 6.12. The number of hydrogen-bond acceptors (Lipinski definition) is 7. The summed E-state index contributed by atoms with van der Waals surface area (Å²) in [6.45, 7) is 6.47. The lowest BCUT2D eigenvalue weighted by molar-refractivity contribution is 0.112. The van der Waals surface area contributed by atoms with Crippen LogP contribution in [-0.2, 0) is 6.54 Å². The highest BCUT2D eigenvalue weighted by Crippen LogP contribution is 2.41. The quantitative estimate of drug-likeness (QED) is 0.301. The number of hydrogen-bond donors (Lipinski definition) is 1. The molecule has 4 aromatic rings. The summed E-state index contributed by atoms with van der Waals surface area (Å²) >= 11 is 0. The van der Waals surface area contributed by atoms with E-state index in [1.54, 1.807) is 6.26 Å². The van der Waals surface area contributed by atoms with Crippen molar-refractivity contribution in [1.29, 1.82) is 0 Å². The average molecular weight is 499 g/mol. The molecule has 7 nitrogen and oxygen atoms in total. The molecule has 37 heavy (non-hydrogen) atoms. The van der Waals surface area contributed by atoms with Gasteiger partial charge in [-0.25, -0.2) is 0 Å². The molecule has 1 aliphatic heterocycles. The number of piperazine rings is 1. The highest BCUT2D eigenvalue weighted by Gasteiger charge is 2.29. The van der Waals surface area contributed by atoms with Crippen LogP contribution in [0.15, 0.2) is 57.7 Å². The summed E-state index contributed by atoms with van der Waals surface area (Å²) in [6, 6.07) is 14.6. The molecular formula is C30H34N4O3. The third-order valence-electron chi connectivity index (χ3n) is 8.06. The maximum atomic E-state index is 12.5. The van der Waals surface area contributed by atoms with Crippen molar-refractivity contribution in [1.82, 2.24) is 10.1 Å². The first-order valence-electron chi connectivity index (χ1n) is 13.5. The summed E-state index contributed by atoms with van der Waals surface area (Å²) in [7, 11) is 0. The van der Waals surface area contributed by atoms with Crippen molar-refractivity contribution >= 4 is 28.6 Å². The van der Waals surface area contributed by atoms with Crippen LogP contribution < -0.4 is 10.2 Å². The van der Waals surface area contributed by atoms with E-state index in [1.807, 2.05) is 30.3 Å². The Balaban J connectivity index is 1.39. The number of benzene rings is 2. The van der Waals surface area contributed by atoms with Crippen molar-refractivity contribution in [2.45, 2.75) is 51.6 Å². The highest BCUT2D eigenvalue weighted by atomic mass is 16.5. The van der Waals surface area contributed by atoms with Crippen molar-refractivity contribution in [3.63, 3.8) is 0 Å². The first kappa shape index (κ1) is 23.8. The fraction of sp³-hybridized carbons (Fsp3) is 0.400. The van der Waals surface area contributed by atoms with E-state index < -0.39 is 0 Å². The predicted octanol–water partition coefficient (Wildman–Crippen LogP) is 6.28. The lowest BCUT2D eigenvalue weighted by Crippen LogP contribution is -2.50. The van der Waals surface area contributed by atoms with Crippen molar-refractivity contribution in [3.8, 4) is 11.3 Å². The molecule has 1 saturated carbocycles. The summed E-state index contributed by atoms with van der Waals surface area (Å²) in [5.41, 5.74) is 5.11. The number of aldehydes is 1. The van der Waals surface area contributed by atoms with Gasteiger partial charge in [-0.3, -0.25) is 9.69 Å². The molecule has 2 aromatic heterocycles. The Morgan fingerprint density at radius 2 is 1.86 bits per heavy atom. The Hall–Kier alpha value is -3.58. The van der Waals surface area contributed by atoms with Gasteiger partial charge < -0.3 is 19.2 Å². The zero-order valence-corrected chi connectivity index (χ0v) is 21.4. The van der Waals surface area contributed by atoms with Gasteiger partial charge in [0.1, 0.15) is 11.3 Å². The topological polar surface area (TPSA) is 74.8 Å². The largest absolute Gasteiger partial charge is 0.467 e. The van der Waals surface area contributed by atoms with E-state index in [2.05, 4.69) is 39.3 Å². The zero-order valence-electron chi connectivity index (χ0n) is 21.4. The number of aryl methyl sites for hydroxylation is 1. The molecule has 7 heteroatoms. The molecule has 0 radical (unpaired) electrons. The van der Waals surface area contributed by atoms with Crippen LogP contribution in [0.4, 0.5) is 11.4 Å². The summed E-state index contributed by atoms with van der Waals surface area (Å²) in [4.78, 5) is 17.6. The number of rotatable bonds is 7. The first-order chi connectivity index (χ1) is 18.2. The number of carbonyl (C=O) groups is 1. The van der Waals surface area contributed by atoms with Gasteiger partial charge in [0.25, 0.3) is 0 Å². The molecular weight excluding hydrogens is 464 g/mol. The molecule has 2 fully saturated rings. The molecule has 1 aliphatic carbocycles. The second kappa shape index (κ2) is 10.4. The minimum atomic E-state index is 0.485. The Morgan fingerprint density at radius 1 is 1.05 bits per heavy atom. The second-order valence-corrected chi connectivity index (χ2v) is 10.3. The minimum absolute atomic E-state index is 0.485.